The second-order valence-electron chi connectivity index (χ2n) is 4.46. The Kier molecular flexibility index (Phi) is 5.07. The molecule has 0 saturated heterocycles. The Labute approximate surface area is 118 Å². The predicted octanol–water partition coefficient (Wildman–Crippen LogP) is 2.62. The molecule has 20 heavy (non-hydrogen) atoms. The minimum atomic E-state index is -0.261. The van der Waals surface area contributed by atoms with Crippen LogP contribution in [0.2, 0.25) is 0 Å². The Bertz CT molecular complexity index is 559. The minimum Gasteiger partial charge on any atom is -0.461 e. The van der Waals surface area contributed by atoms with Crippen molar-refractivity contribution in [2.45, 2.75) is 19.4 Å². The summed E-state index contributed by atoms with van der Waals surface area (Å²) in [7, 11) is 0. The van der Waals surface area contributed by atoms with E-state index in [0.29, 0.717) is 0 Å². The van der Waals surface area contributed by atoms with Crippen molar-refractivity contribution in [3.8, 4) is 0 Å². The highest BCUT2D eigenvalue weighted by atomic mass is 16.5. The smallest absolute Gasteiger partial charge is 0.310 e. The zero-order valence-corrected chi connectivity index (χ0v) is 11.0. The second kappa shape index (κ2) is 7.24. The first-order chi connectivity index (χ1) is 9.78. The van der Waals surface area contributed by atoms with Crippen LogP contribution in [0.4, 0.5) is 0 Å². The summed E-state index contributed by atoms with van der Waals surface area (Å²) in [6, 6.07) is 16.9. The van der Waals surface area contributed by atoms with Crippen LogP contribution in [0.5, 0.6) is 0 Å². The van der Waals surface area contributed by atoms with Gasteiger partial charge < -0.3 is 4.74 Å². The highest BCUT2D eigenvalue weighted by molar-refractivity contribution is 5.72. The molecule has 0 spiro atoms. The number of carbonyl (C=O) groups is 1. The van der Waals surface area contributed by atoms with Crippen molar-refractivity contribution in [2.24, 2.45) is 0 Å². The van der Waals surface area contributed by atoms with Gasteiger partial charge in [0.1, 0.15) is 6.61 Å². The molecule has 0 aliphatic carbocycles. The van der Waals surface area contributed by atoms with Gasteiger partial charge in [0.15, 0.2) is 0 Å². The standard InChI is InChI=1S/C17H15O3/c18-11-10-14-6-8-15(9-7-14)12-17(19)20-13-16-4-2-1-3-5-16/h1-9H,10,12-13H2. The van der Waals surface area contributed by atoms with Crippen LogP contribution in [0, 0.1) is 0 Å². The normalized spacial score (nSPS) is 10.0. The summed E-state index contributed by atoms with van der Waals surface area (Å²) in [5.41, 5.74) is 2.73. The molecule has 1 radical (unpaired) electrons. The molecule has 2 aromatic carbocycles. The van der Waals surface area contributed by atoms with Crippen molar-refractivity contribution in [1.29, 1.82) is 0 Å². The van der Waals surface area contributed by atoms with Gasteiger partial charge in [0.2, 0.25) is 6.29 Å². The van der Waals surface area contributed by atoms with Crippen LogP contribution in [0.25, 0.3) is 0 Å². The van der Waals surface area contributed by atoms with Crippen molar-refractivity contribution >= 4 is 12.3 Å². The SMILES string of the molecule is O=[C]Cc1ccc(CC(=O)OCc2ccccc2)cc1. The summed E-state index contributed by atoms with van der Waals surface area (Å²) in [4.78, 5) is 22.0. The maximum Gasteiger partial charge on any atom is 0.310 e. The van der Waals surface area contributed by atoms with E-state index in [2.05, 4.69) is 0 Å². The van der Waals surface area contributed by atoms with Crippen molar-refractivity contribution < 1.29 is 14.3 Å². The molecular formula is C17H15O3. The Morgan fingerprint density at radius 3 is 2.20 bits per heavy atom. The van der Waals surface area contributed by atoms with Crippen LogP contribution in [-0.2, 0) is 33.8 Å². The van der Waals surface area contributed by atoms with Crippen molar-refractivity contribution in [2.75, 3.05) is 0 Å². The topological polar surface area (TPSA) is 43.4 Å². The highest BCUT2D eigenvalue weighted by Gasteiger charge is 2.05. The van der Waals surface area contributed by atoms with E-state index in [9.17, 15) is 9.59 Å². The molecule has 2 aromatic rings. The Balaban J connectivity index is 1.83. The average molecular weight is 267 g/mol. The lowest BCUT2D eigenvalue weighted by Gasteiger charge is -2.05. The van der Waals surface area contributed by atoms with Gasteiger partial charge in [0.05, 0.1) is 6.42 Å². The van der Waals surface area contributed by atoms with Gasteiger partial charge >= 0.3 is 5.97 Å². The summed E-state index contributed by atoms with van der Waals surface area (Å²) < 4.78 is 5.21. The van der Waals surface area contributed by atoms with E-state index in [1.165, 1.54) is 0 Å². The highest BCUT2D eigenvalue weighted by Crippen LogP contribution is 2.07. The first kappa shape index (κ1) is 14.0. The van der Waals surface area contributed by atoms with Gasteiger partial charge in [-0.1, -0.05) is 54.6 Å². The minimum absolute atomic E-state index is 0.234. The third-order valence-electron chi connectivity index (χ3n) is 2.89. The first-order valence-corrected chi connectivity index (χ1v) is 6.40. The second-order valence-corrected chi connectivity index (χ2v) is 4.46. The van der Waals surface area contributed by atoms with Crippen molar-refractivity contribution in [1.82, 2.24) is 0 Å². The van der Waals surface area contributed by atoms with E-state index in [-0.39, 0.29) is 25.4 Å². The quantitative estimate of drug-likeness (QED) is 0.756. The molecule has 0 heterocycles. The molecule has 0 bridgehead atoms. The van der Waals surface area contributed by atoms with Crippen LogP contribution in [0.3, 0.4) is 0 Å². The number of ether oxygens (including phenoxy) is 1. The molecule has 0 atom stereocenters. The van der Waals surface area contributed by atoms with Gasteiger partial charge in [-0.05, 0) is 16.7 Å². The molecule has 0 aromatic heterocycles. The van der Waals surface area contributed by atoms with Crippen LogP contribution in [-0.4, -0.2) is 12.3 Å². The predicted molar refractivity (Wildman–Crippen MR) is 75.8 cm³/mol. The van der Waals surface area contributed by atoms with E-state index in [0.717, 1.165) is 16.7 Å². The van der Waals surface area contributed by atoms with E-state index < -0.39 is 0 Å². The monoisotopic (exact) mass is 267 g/mol. The van der Waals surface area contributed by atoms with Crippen LogP contribution >= 0.6 is 0 Å². The van der Waals surface area contributed by atoms with Crippen molar-refractivity contribution in [3.05, 3.63) is 71.3 Å². The fraction of sp³-hybridized carbons (Fsp3) is 0.176. The summed E-state index contributed by atoms with van der Waals surface area (Å²) in [6.45, 7) is 0.290. The fourth-order valence-electron chi connectivity index (χ4n) is 1.81. The van der Waals surface area contributed by atoms with Gasteiger partial charge in [-0.3, -0.25) is 9.59 Å². The summed E-state index contributed by atoms with van der Waals surface area (Å²) in [5.74, 6) is -0.261. The summed E-state index contributed by atoms with van der Waals surface area (Å²) in [5, 5.41) is 0. The van der Waals surface area contributed by atoms with E-state index in [1.807, 2.05) is 60.9 Å². The molecule has 0 N–H and O–H groups in total. The Morgan fingerprint density at radius 2 is 1.55 bits per heavy atom. The fourth-order valence-corrected chi connectivity index (χ4v) is 1.81. The number of hydrogen-bond donors (Lipinski definition) is 0. The molecule has 101 valence electrons. The van der Waals surface area contributed by atoms with Crippen LogP contribution < -0.4 is 0 Å². The number of carbonyl (C=O) groups excluding carboxylic acids is 2. The third kappa shape index (κ3) is 4.35. The number of hydrogen-bond acceptors (Lipinski definition) is 3. The third-order valence-corrected chi connectivity index (χ3v) is 2.89. The zero-order chi connectivity index (χ0) is 14.2. The molecule has 0 aliphatic heterocycles. The number of rotatable bonds is 6. The zero-order valence-electron chi connectivity index (χ0n) is 11.0. The Morgan fingerprint density at radius 1 is 0.900 bits per heavy atom. The van der Waals surface area contributed by atoms with E-state index >= 15 is 0 Å². The van der Waals surface area contributed by atoms with Gasteiger partial charge in [-0.25, -0.2) is 0 Å². The lowest BCUT2D eigenvalue weighted by molar-refractivity contribution is -0.144. The number of benzene rings is 2. The maximum absolute atomic E-state index is 11.7. The lowest BCUT2D eigenvalue weighted by Crippen LogP contribution is -2.08. The molecule has 2 rings (SSSR count). The van der Waals surface area contributed by atoms with E-state index in [1.54, 1.807) is 0 Å². The average Bonchev–Trinajstić information content (AvgIpc) is 2.49. The molecule has 3 nitrogen and oxygen atoms in total. The molecule has 0 fully saturated rings. The molecule has 0 unspecified atom stereocenters. The first-order valence-electron chi connectivity index (χ1n) is 6.40. The van der Waals surface area contributed by atoms with Crippen molar-refractivity contribution in [3.63, 3.8) is 0 Å². The summed E-state index contributed by atoms with van der Waals surface area (Å²) >= 11 is 0. The largest absolute Gasteiger partial charge is 0.461 e. The van der Waals surface area contributed by atoms with Gasteiger partial charge in [0, 0.05) is 6.42 Å². The molecule has 0 aliphatic rings. The maximum atomic E-state index is 11.7. The van der Waals surface area contributed by atoms with E-state index in [4.69, 9.17) is 4.74 Å². The summed E-state index contributed by atoms with van der Waals surface area (Å²) in [6.07, 6.45) is 2.35. The van der Waals surface area contributed by atoms with Crippen LogP contribution in [0.15, 0.2) is 54.6 Å². The van der Waals surface area contributed by atoms with Gasteiger partial charge in [-0.2, -0.15) is 0 Å². The van der Waals surface area contributed by atoms with Gasteiger partial charge in [0.25, 0.3) is 0 Å². The van der Waals surface area contributed by atoms with Gasteiger partial charge in [-0.15, -0.1) is 0 Å². The number of esters is 1. The molecule has 3 heteroatoms. The Hall–Kier alpha value is -2.42. The lowest BCUT2D eigenvalue weighted by atomic mass is 10.1. The molecular weight excluding hydrogens is 252 g/mol. The van der Waals surface area contributed by atoms with Crippen LogP contribution in [0.1, 0.15) is 16.7 Å². The molecule has 0 amide bonds. The molecule has 0 saturated carbocycles.